The molecule has 0 aromatic carbocycles. The molecule has 0 amide bonds. The van der Waals surface area contributed by atoms with Gasteiger partial charge in [0.2, 0.25) is 20.0 Å². The Morgan fingerprint density at radius 3 is 1.81 bits per heavy atom. The van der Waals surface area contributed by atoms with Gasteiger partial charge < -0.3 is 0 Å². The van der Waals surface area contributed by atoms with Gasteiger partial charge in [-0.15, -0.1) is 0 Å². The summed E-state index contributed by atoms with van der Waals surface area (Å²) in [6.07, 6.45) is 1.13. The molecular formula is C11H20N4O4S2. The fourth-order valence-electron chi connectivity index (χ4n) is 2.50. The van der Waals surface area contributed by atoms with Crippen LogP contribution in [0.3, 0.4) is 0 Å². The molecule has 21 heavy (non-hydrogen) atoms. The highest BCUT2D eigenvalue weighted by Gasteiger charge is 2.34. The Morgan fingerprint density at radius 2 is 1.43 bits per heavy atom. The first kappa shape index (κ1) is 16.4. The quantitative estimate of drug-likeness (QED) is 0.728. The standard InChI is InChI=1S/C11H20N4O4S2/c1-9-11(10(2)13(3)12-9)21(18,19)15-7-5-14(6-8-15)20(4,16)17/h5-8H2,1-4H3. The highest BCUT2D eigenvalue weighted by molar-refractivity contribution is 7.89. The maximum atomic E-state index is 12.7. The second-order valence-electron chi connectivity index (χ2n) is 5.19. The van der Waals surface area contributed by atoms with Gasteiger partial charge in [-0.1, -0.05) is 0 Å². The second kappa shape index (κ2) is 5.34. The van der Waals surface area contributed by atoms with Crippen LogP contribution in [0.25, 0.3) is 0 Å². The number of sulfonamides is 2. The second-order valence-corrected chi connectivity index (χ2v) is 9.05. The summed E-state index contributed by atoms with van der Waals surface area (Å²) in [5, 5.41) is 4.13. The van der Waals surface area contributed by atoms with E-state index < -0.39 is 20.0 Å². The van der Waals surface area contributed by atoms with Gasteiger partial charge in [0.05, 0.1) is 17.6 Å². The summed E-state index contributed by atoms with van der Waals surface area (Å²) >= 11 is 0. The number of piperazine rings is 1. The van der Waals surface area contributed by atoms with Crippen LogP contribution in [0, 0.1) is 13.8 Å². The molecule has 0 N–H and O–H groups in total. The van der Waals surface area contributed by atoms with Gasteiger partial charge in [0, 0.05) is 33.2 Å². The van der Waals surface area contributed by atoms with E-state index in [4.69, 9.17) is 0 Å². The minimum Gasteiger partial charge on any atom is -0.271 e. The molecule has 1 aliphatic heterocycles. The molecule has 0 spiro atoms. The van der Waals surface area contributed by atoms with E-state index in [0.29, 0.717) is 11.4 Å². The van der Waals surface area contributed by atoms with E-state index in [-0.39, 0.29) is 31.1 Å². The van der Waals surface area contributed by atoms with Crippen LogP contribution in [0.5, 0.6) is 0 Å². The average molecular weight is 336 g/mol. The number of hydrogen-bond acceptors (Lipinski definition) is 5. The number of rotatable bonds is 3. The van der Waals surface area contributed by atoms with Gasteiger partial charge in [0.25, 0.3) is 0 Å². The monoisotopic (exact) mass is 336 g/mol. The van der Waals surface area contributed by atoms with Crippen LogP contribution in [0.1, 0.15) is 11.4 Å². The third-order valence-electron chi connectivity index (χ3n) is 3.71. The zero-order valence-electron chi connectivity index (χ0n) is 12.6. The summed E-state index contributed by atoms with van der Waals surface area (Å²) in [6, 6.07) is 0. The first-order chi connectivity index (χ1) is 9.55. The molecule has 10 heteroatoms. The van der Waals surface area contributed by atoms with Crippen LogP contribution in [-0.2, 0) is 27.1 Å². The lowest BCUT2D eigenvalue weighted by Crippen LogP contribution is -2.50. The predicted molar refractivity (Wildman–Crippen MR) is 77.9 cm³/mol. The first-order valence-electron chi connectivity index (χ1n) is 6.50. The Labute approximate surface area is 125 Å². The van der Waals surface area contributed by atoms with Crippen molar-refractivity contribution >= 4 is 20.0 Å². The van der Waals surface area contributed by atoms with E-state index in [1.54, 1.807) is 20.9 Å². The molecule has 1 fully saturated rings. The van der Waals surface area contributed by atoms with Gasteiger partial charge in [-0.3, -0.25) is 4.68 Å². The first-order valence-corrected chi connectivity index (χ1v) is 9.79. The Balaban J connectivity index is 2.27. The number of nitrogens with zero attached hydrogens (tertiary/aromatic N) is 4. The molecule has 0 atom stereocenters. The lowest BCUT2D eigenvalue weighted by atomic mass is 10.4. The van der Waals surface area contributed by atoms with Crippen LogP contribution in [0.2, 0.25) is 0 Å². The zero-order chi connectivity index (χ0) is 16.0. The van der Waals surface area contributed by atoms with E-state index in [9.17, 15) is 16.8 Å². The van der Waals surface area contributed by atoms with Gasteiger partial charge in [-0.25, -0.2) is 16.8 Å². The van der Waals surface area contributed by atoms with Crippen molar-refractivity contribution in [2.75, 3.05) is 32.4 Å². The average Bonchev–Trinajstić information content (AvgIpc) is 2.62. The Kier molecular flexibility index (Phi) is 4.17. The SMILES string of the molecule is Cc1nn(C)c(C)c1S(=O)(=O)N1CCN(S(C)(=O)=O)CC1. The summed E-state index contributed by atoms with van der Waals surface area (Å²) in [6.45, 7) is 4.03. The molecule has 0 bridgehead atoms. The maximum Gasteiger partial charge on any atom is 0.246 e. The smallest absolute Gasteiger partial charge is 0.246 e. The number of hydrogen-bond donors (Lipinski definition) is 0. The summed E-state index contributed by atoms with van der Waals surface area (Å²) in [5.74, 6) is 0. The van der Waals surface area contributed by atoms with Crippen molar-refractivity contribution < 1.29 is 16.8 Å². The maximum absolute atomic E-state index is 12.7. The number of aromatic nitrogens is 2. The zero-order valence-corrected chi connectivity index (χ0v) is 14.2. The lowest BCUT2D eigenvalue weighted by Gasteiger charge is -2.32. The van der Waals surface area contributed by atoms with Crippen molar-refractivity contribution in [3.8, 4) is 0 Å². The summed E-state index contributed by atoms with van der Waals surface area (Å²) < 4.78 is 52.5. The van der Waals surface area contributed by atoms with E-state index in [1.165, 1.54) is 13.3 Å². The molecule has 2 rings (SSSR count). The Hall–Kier alpha value is -0.970. The molecule has 0 unspecified atom stereocenters. The van der Waals surface area contributed by atoms with E-state index >= 15 is 0 Å². The fourth-order valence-corrected chi connectivity index (χ4v) is 5.15. The van der Waals surface area contributed by atoms with E-state index in [1.807, 2.05) is 0 Å². The molecule has 1 aromatic rings. The van der Waals surface area contributed by atoms with Gasteiger partial charge in [-0.2, -0.15) is 13.7 Å². The van der Waals surface area contributed by atoms with E-state index in [2.05, 4.69) is 5.10 Å². The van der Waals surface area contributed by atoms with Gasteiger partial charge in [0.1, 0.15) is 4.90 Å². The van der Waals surface area contributed by atoms with Crippen molar-refractivity contribution in [3.05, 3.63) is 11.4 Å². The molecule has 1 aliphatic rings. The van der Waals surface area contributed by atoms with Crippen LogP contribution in [0.15, 0.2) is 4.90 Å². The van der Waals surface area contributed by atoms with E-state index in [0.717, 1.165) is 6.26 Å². The molecule has 0 saturated carbocycles. The van der Waals surface area contributed by atoms with Gasteiger partial charge in [0.15, 0.2) is 0 Å². The normalized spacial score (nSPS) is 19.0. The van der Waals surface area contributed by atoms with Crippen LogP contribution in [0.4, 0.5) is 0 Å². The molecule has 120 valence electrons. The molecule has 8 nitrogen and oxygen atoms in total. The van der Waals surface area contributed by atoms with Crippen molar-refractivity contribution in [1.29, 1.82) is 0 Å². The highest BCUT2D eigenvalue weighted by atomic mass is 32.2. The molecule has 1 aromatic heterocycles. The van der Waals surface area contributed by atoms with Crippen LogP contribution in [-0.4, -0.2) is 67.7 Å². The summed E-state index contributed by atoms with van der Waals surface area (Å²) in [4.78, 5) is 0.220. The van der Waals surface area contributed by atoms with Crippen LogP contribution >= 0.6 is 0 Å². The van der Waals surface area contributed by atoms with Gasteiger partial charge in [-0.05, 0) is 13.8 Å². The largest absolute Gasteiger partial charge is 0.271 e. The van der Waals surface area contributed by atoms with Crippen molar-refractivity contribution in [2.24, 2.45) is 7.05 Å². The molecule has 0 radical (unpaired) electrons. The minimum atomic E-state index is -3.64. The van der Waals surface area contributed by atoms with Crippen molar-refractivity contribution in [1.82, 2.24) is 18.4 Å². The third-order valence-corrected chi connectivity index (χ3v) is 7.16. The van der Waals surface area contributed by atoms with Crippen molar-refractivity contribution in [2.45, 2.75) is 18.7 Å². The van der Waals surface area contributed by atoms with Crippen LogP contribution < -0.4 is 0 Å². The fraction of sp³-hybridized carbons (Fsp3) is 0.727. The Morgan fingerprint density at radius 1 is 0.952 bits per heavy atom. The lowest BCUT2D eigenvalue weighted by molar-refractivity contribution is 0.274. The minimum absolute atomic E-state index is 0.156. The molecular weight excluding hydrogens is 316 g/mol. The predicted octanol–water partition coefficient (Wildman–Crippen LogP) is -0.697. The molecule has 2 heterocycles. The highest BCUT2D eigenvalue weighted by Crippen LogP contribution is 2.24. The summed E-state index contributed by atoms with van der Waals surface area (Å²) in [7, 11) is -5.22. The number of aryl methyl sites for hydroxylation is 2. The Bertz CT molecular complexity index is 743. The van der Waals surface area contributed by atoms with Crippen molar-refractivity contribution in [3.63, 3.8) is 0 Å². The molecule has 0 aliphatic carbocycles. The van der Waals surface area contributed by atoms with Gasteiger partial charge >= 0.3 is 0 Å². The summed E-state index contributed by atoms with van der Waals surface area (Å²) in [5.41, 5.74) is 1.04. The topological polar surface area (TPSA) is 92.6 Å². The molecule has 1 saturated heterocycles. The third kappa shape index (κ3) is 2.98.